The van der Waals surface area contributed by atoms with Gasteiger partial charge in [0.15, 0.2) is 0 Å². The lowest BCUT2D eigenvalue weighted by Gasteiger charge is -2.28. The molecule has 0 radical (unpaired) electrons. The summed E-state index contributed by atoms with van der Waals surface area (Å²) < 4.78 is 19.8. The summed E-state index contributed by atoms with van der Waals surface area (Å²) in [5.41, 5.74) is 16.9. The number of hydrogen-bond donors (Lipinski definition) is 4. The van der Waals surface area contributed by atoms with Gasteiger partial charge in [-0.1, -0.05) is 79.1 Å². The van der Waals surface area contributed by atoms with Crippen molar-refractivity contribution in [3.8, 4) is 0 Å². The first-order valence-corrected chi connectivity index (χ1v) is 15.9. The van der Waals surface area contributed by atoms with Crippen LogP contribution in [-0.4, -0.2) is 70.4 Å². The second-order valence-corrected chi connectivity index (χ2v) is 10.2. The minimum Gasteiger partial charge on any atom is -0.373 e. The van der Waals surface area contributed by atoms with Crippen molar-refractivity contribution < 1.29 is 14.2 Å². The molecule has 0 aromatic carbocycles. The van der Waals surface area contributed by atoms with Crippen LogP contribution >= 0.6 is 0 Å². The molecule has 7 heteroatoms. The van der Waals surface area contributed by atoms with Gasteiger partial charge < -0.3 is 36.7 Å². The fourth-order valence-corrected chi connectivity index (χ4v) is 5.07. The Morgan fingerprint density at radius 1 is 0.649 bits per heavy atom. The monoisotopic (exact) mass is 531 g/mol. The van der Waals surface area contributed by atoms with E-state index in [4.69, 9.17) is 31.4 Å². The van der Waals surface area contributed by atoms with E-state index in [0.717, 1.165) is 90.9 Å². The Hall–Kier alpha value is -0.280. The van der Waals surface area contributed by atoms with Gasteiger partial charge in [-0.15, -0.1) is 0 Å². The van der Waals surface area contributed by atoms with Crippen LogP contribution in [0.3, 0.4) is 0 Å². The zero-order valence-electron chi connectivity index (χ0n) is 25.2. The van der Waals surface area contributed by atoms with E-state index in [1.54, 1.807) is 0 Å². The fourth-order valence-electron chi connectivity index (χ4n) is 5.07. The lowest BCUT2D eigenvalue weighted by molar-refractivity contribution is -0.0759. The highest BCUT2D eigenvalue weighted by atomic mass is 16.6. The molecule has 4 unspecified atom stereocenters. The van der Waals surface area contributed by atoms with Crippen molar-refractivity contribution in [3.63, 3.8) is 0 Å². The lowest BCUT2D eigenvalue weighted by Crippen LogP contribution is -2.42. The number of ether oxygens (including phenoxy) is 3. The van der Waals surface area contributed by atoms with E-state index in [0.29, 0.717) is 5.92 Å². The summed E-state index contributed by atoms with van der Waals surface area (Å²) in [6.45, 7) is 14.2. The van der Waals surface area contributed by atoms with Gasteiger partial charge in [0.2, 0.25) is 0 Å². The Kier molecular flexibility index (Phi) is 27.1. The smallest absolute Gasteiger partial charge is 0.114 e. The highest BCUT2D eigenvalue weighted by molar-refractivity contribution is 4.96. The van der Waals surface area contributed by atoms with Crippen LogP contribution in [0.2, 0.25) is 0 Å². The maximum Gasteiger partial charge on any atom is 0.114 e. The van der Waals surface area contributed by atoms with Crippen molar-refractivity contribution in [1.29, 1.82) is 0 Å². The maximum absolute atomic E-state index is 6.70. The minimum absolute atomic E-state index is 0.00908. The average Bonchev–Trinajstić information content (AvgIpc) is 3.26. The van der Waals surface area contributed by atoms with E-state index in [1.165, 1.54) is 44.9 Å². The van der Waals surface area contributed by atoms with Crippen molar-refractivity contribution in [3.05, 3.63) is 0 Å². The molecule has 7 nitrogen and oxygen atoms in total. The van der Waals surface area contributed by atoms with Gasteiger partial charge in [0.1, 0.15) is 12.2 Å². The van der Waals surface area contributed by atoms with E-state index in [-0.39, 0.29) is 24.4 Å². The van der Waals surface area contributed by atoms with E-state index >= 15 is 0 Å². The van der Waals surface area contributed by atoms with Crippen molar-refractivity contribution in [2.45, 2.75) is 142 Å². The summed E-state index contributed by atoms with van der Waals surface area (Å²) in [6.07, 6.45) is 16.1. The van der Waals surface area contributed by atoms with Gasteiger partial charge in [0, 0.05) is 19.8 Å². The Bertz CT molecular complexity index is 455. The summed E-state index contributed by atoms with van der Waals surface area (Å²) in [7, 11) is 0. The van der Waals surface area contributed by atoms with Crippen LogP contribution in [0.4, 0.5) is 0 Å². The van der Waals surface area contributed by atoms with E-state index in [2.05, 4.69) is 19.2 Å². The highest BCUT2D eigenvalue weighted by Crippen LogP contribution is 2.34. The molecular weight excluding hydrogens is 464 g/mol. The molecule has 4 atom stereocenters. The first kappa shape index (κ1) is 36.7. The van der Waals surface area contributed by atoms with Gasteiger partial charge in [0.25, 0.3) is 0 Å². The predicted octanol–water partition coefficient (Wildman–Crippen LogP) is 5.13. The third kappa shape index (κ3) is 17.1. The molecule has 0 bridgehead atoms. The number of hydrogen-bond acceptors (Lipinski definition) is 7. The van der Waals surface area contributed by atoms with Crippen LogP contribution < -0.4 is 22.5 Å². The second-order valence-electron chi connectivity index (χ2n) is 10.2. The van der Waals surface area contributed by atoms with Gasteiger partial charge in [0.05, 0.1) is 12.2 Å². The standard InChI is InChI=1S/C28H60N4O3.C2H6/c1-3-24(4-2)26-28(34-22-16-10-7-13-19-31)27(33-21-15-9-6-12-18-30)25(35-26)23-32-20-14-8-5-11-17-29;1-2/h24-28,32H,3-23,29-31H2,1-2H3;1-2H3. The quantitative estimate of drug-likeness (QED) is 0.121. The lowest BCUT2D eigenvalue weighted by atomic mass is 9.91. The Morgan fingerprint density at radius 3 is 1.59 bits per heavy atom. The maximum atomic E-state index is 6.70. The first-order chi connectivity index (χ1) is 18.2. The van der Waals surface area contributed by atoms with Crippen LogP contribution in [0.1, 0.15) is 118 Å². The first-order valence-electron chi connectivity index (χ1n) is 15.9. The number of nitrogens with one attached hydrogen (secondary N) is 1. The third-order valence-electron chi connectivity index (χ3n) is 7.33. The van der Waals surface area contributed by atoms with Crippen LogP contribution in [0, 0.1) is 5.92 Å². The summed E-state index contributed by atoms with van der Waals surface area (Å²) in [5, 5.41) is 3.64. The topological polar surface area (TPSA) is 118 Å². The van der Waals surface area contributed by atoms with Gasteiger partial charge >= 0.3 is 0 Å². The molecule has 7 N–H and O–H groups in total. The van der Waals surface area contributed by atoms with Gasteiger partial charge in [-0.05, 0) is 70.6 Å². The van der Waals surface area contributed by atoms with Crippen LogP contribution in [0.25, 0.3) is 0 Å². The fraction of sp³-hybridized carbons (Fsp3) is 1.00. The largest absolute Gasteiger partial charge is 0.373 e. The molecule has 1 rings (SSSR count). The molecule has 0 aromatic heterocycles. The summed E-state index contributed by atoms with van der Waals surface area (Å²) in [4.78, 5) is 0. The van der Waals surface area contributed by atoms with E-state index in [1.807, 2.05) is 13.8 Å². The SMILES string of the molecule is CC.CCC(CC)C1OC(CNCCCCCCN)C(OCCCCCCN)C1OCCCCCCN. The van der Waals surface area contributed by atoms with E-state index < -0.39 is 0 Å². The molecule has 1 aliphatic rings. The van der Waals surface area contributed by atoms with E-state index in [9.17, 15) is 0 Å². The van der Waals surface area contributed by atoms with Crippen molar-refractivity contribution in [1.82, 2.24) is 5.32 Å². The number of unbranched alkanes of at least 4 members (excludes halogenated alkanes) is 9. The molecule has 1 saturated heterocycles. The molecule has 0 aliphatic carbocycles. The highest BCUT2D eigenvalue weighted by Gasteiger charge is 2.48. The van der Waals surface area contributed by atoms with Gasteiger partial charge in [-0.25, -0.2) is 0 Å². The number of nitrogens with two attached hydrogens (primary N) is 3. The minimum atomic E-state index is -0.0103. The molecule has 1 heterocycles. The molecule has 0 saturated carbocycles. The van der Waals surface area contributed by atoms with Crippen molar-refractivity contribution in [2.24, 2.45) is 23.1 Å². The van der Waals surface area contributed by atoms with Crippen LogP contribution in [0.5, 0.6) is 0 Å². The Morgan fingerprint density at radius 2 is 1.11 bits per heavy atom. The van der Waals surface area contributed by atoms with Crippen molar-refractivity contribution in [2.75, 3.05) is 45.9 Å². The van der Waals surface area contributed by atoms with Crippen LogP contribution in [0.15, 0.2) is 0 Å². The molecule has 1 aliphatic heterocycles. The van der Waals surface area contributed by atoms with Gasteiger partial charge in [-0.3, -0.25) is 0 Å². The molecule has 37 heavy (non-hydrogen) atoms. The zero-order chi connectivity index (χ0) is 27.6. The third-order valence-corrected chi connectivity index (χ3v) is 7.33. The predicted molar refractivity (Wildman–Crippen MR) is 159 cm³/mol. The van der Waals surface area contributed by atoms with Crippen molar-refractivity contribution >= 4 is 0 Å². The molecule has 0 amide bonds. The molecule has 1 fully saturated rings. The van der Waals surface area contributed by atoms with Crippen LogP contribution in [-0.2, 0) is 14.2 Å². The Balaban J connectivity index is 0.00000631. The molecular formula is C30H66N4O3. The average molecular weight is 531 g/mol. The summed E-state index contributed by atoms with van der Waals surface area (Å²) >= 11 is 0. The zero-order valence-corrected chi connectivity index (χ0v) is 25.2. The molecule has 0 spiro atoms. The second kappa shape index (κ2) is 27.3. The Labute approximate surface area is 230 Å². The summed E-state index contributed by atoms with van der Waals surface area (Å²) in [5.74, 6) is 0.495. The molecule has 0 aromatic rings. The van der Waals surface area contributed by atoms with Gasteiger partial charge in [-0.2, -0.15) is 0 Å². The summed E-state index contributed by atoms with van der Waals surface area (Å²) in [6, 6.07) is 0. The number of rotatable bonds is 25. The normalized spacial score (nSPS) is 21.4. The molecule has 224 valence electrons.